The summed E-state index contributed by atoms with van der Waals surface area (Å²) in [6.45, 7) is 0. The van der Waals surface area contributed by atoms with Gasteiger partial charge in [-0.1, -0.05) is 17.7 Å². The van der Waals surface area contributed by atoms with Gasteiger partial charge in [-0.25, -0.2) is 0 Å². The highest BCUT2D eigenvalue weighted by Gasteiger charge is 2.37. The van der Waals surface area contributed by atoms with Gasteiger partial charge in [-0.2, -0.15) is 0 Å². The Bertz CT molecular complexity index is 361. The first-order valence-corrected chi connectivity index (χ1v) is 6.85. The van der Waals surface area contributed by atoms with Gasteiger partial charge in [0.2, 0.25) is 0 Å². The maximum atomic E-state index is 6.20. The first-order chi connectivity index (χ1) is 7.14. The number of hydrogen-bond acceptors (Lipinski definition) is 2. The molecule has 1 aromatic rings. The van der Waals surface area contributed by atoms with Crippen LogP contribution in [0.4, 0.5) is 0 Å². The smallest absolute Gasteiger partial charge is 0.0449 e. The van der Waals surface area contributed by atoms with E-state index in [1.165, 1.54) is 23.3 Å². The molecule has 3 heteroatoms. The molecule has 0 unspecified atom stereocenters. The van der Waals surface area contributed by atoms with Crippen molar-refractivity contribution in [2.45, 2.75) is 36.1 Å². The first kappa shape index (κ1) is 11.3. The molecule has 0 saturated heterocycles. The average molecular weight is 242 g/mol. The Morgan fingerprint density at radius 3 is 2.80 bits per heavy atom. The van der Waals surface area contributed by atoms with Crippen molar-refractivity contribution in [3.63, 3.8) is 0 Å². The molecule has 0 amide bonds. The molecular formula is C12H16ClNS. The van der Waals surface area contributed by atoms with Crippen LogP contribution >= 0.6 is 23.4 Å². The number of rotatable bonds is 4. The Labute approximate surface area is 100 Å². The van der Waals surface area contributed by atoms with Gasteiger partial charge in [0.1, 0.15) is 0 Å². The van der Waals surface area contributed by atoms with Gasteiger partial charge in [0.15, 0.2) is 0 Å². The van der Waals surface area contributed by atoms with Crippen molar-refractivity contribution in [2.24, 2.45) is 5.73 Å². The minimum Gasteiger partial charge on any atom is -0.325 e. The van der Waals surface area contributed by atoms with Crippen molar-refractivity contribution >= 4 is 23.4 Å². The lowest BCUT2D eigenvalue weighted by Gasteiger charge is -2.12. The Hall–Kier alpha value is -0.180. The topological polar surface area (TPSA) is 26.0 Å². The maximum absolute atomic E-state index is 6.20. The Balaban J connectivity index is 2.11. The largest absolute Gasteiger partial charge is 0.325 e. The highest BCUT2D eigenvalue weighted by Crippen LogP contribution is 2.38. The second kappa shape index (κ2) is 4.36. The third-order valence-electron chi connectivity index (χ3n) is 3.06. The van der Waals surface area contributed by atoms with Gasteiger partial charge in [-0.05, 0) is 49.6 Å². The van der Waals surface area contributed by atoms with Crippen molar-refractivity contribution in [1.82, 2.24) is 0 Å². The lowest BCUT2D eigenvalue weighted by molar-refractivity contribution is 0.606. The normalized spacial score (nSPS) is 17.8. The summed E-state index contributed by atoms with van der Waals surface area (Å²) in [7, 11) is 0. The lowest BCUT2D eigenvalue weighted by Crippen LogP contribution is -2.22. The SMILES string of the molecule is CSc1cccc(Cl)c1CCC1(N)CC1. The fourth-order valence-corrected chi connectivity index (χ4v) is 2.76. The van der Waals surface area contributed by atoms with E-state index in [-0.39, 0.29) is 5.54 Å². The van der Waals surface area contributed by atoms with E-state index in [0.29, 0.717) is 0 Å². The quantitative estimate of drug-likeness (QED) is 0.817. The highest BCUT2D eigenvalue weighted by atomic mass is 35.5. The Kier molecular flexibility index (Phi) is 3.29. The number of hydrogen-bond donors (Lipinski definition) is 1. The standard InChI is InChI=1S/C12H16ClNS/c1-15-11-4-2-3-10(13)9(11)5-6-12(14)7-8-12/h2-4H,5-8,14H2,1H3. The van der Waals surface area contributed by atoms with Crippen LogP contribution in [0, 0.1) is 0 Å². The van der Waals surface area contributed by atoms with Crippen molar-refractivity contribution in [3.8, 4) is 0 Å². The molecule has 0 spiro atoms. The van der Waals surface area contributed by atoms with E-state index in [0.717, 1.165) is 17.9 Å². The van der Waals surface area contributed by atoms with E-state index in [2.05, 4.69) is 12.3 Å². The van der Waals surface area contributed by atoms with E-state index < -0.39 is 0 Å². The minimum atomic E-state index is 0.120. The number of halogens is 1. The van der Waals surface area contributed by atoms with Crippen LogP contribution in [0.5, 0.6) is 0 Å². The molecule has 1 fully saturated rings. The van der Waals surface area contributed by atoms with Crippen LogP contribution in [0.25, 0.3) is 0 Å². The number of benzene rings is 1. The van der Waals surface area contributed by atoms with Crippen LogP contribution in [-0.2, 0) is 6.42 Å². The number of thioether (sulfide) groups is 1. The van der Waals surface area contributed by atoms with E-state index in [1.54, 1.807) is 11.8 Å². The van der Waals surface area contributed by atoms with Crippen LogP contribution in [0.15, 0.2) is 23.1 Å². The van der Waals surface area contributed by atoms with Crippen molar-refractivity contribution in [2.75, 3.05) is 6.26 Å². The molecule has 0 radical (unpaired) electrons. The van der Waals surface area contributed by atoms with E-state index in [9.17, 15) is 0 Å². The molecule has 0 aliphatic heterocycles. The molecule has 82 valence electrons. The van der Waals surface area contributed by atoms with E-state index in [1.807, 2.05) is 12.1 Å². The lowest BCUT2D eigenvalue weighted by atomic mass is 10.0. The zero-order valence-electron chi connectivity index (χ0n) is 8.92. The first-order valence-electron chi connectivity index (χ1n) is 5.25. The summed E-state index contributed by atoms with van der Waals surface area (Å²) in [5.74, 6) is 0. The third kappa shape index (κ3) is 2.68. The number of nitrogens with two attached hydrogens (primary N) is 1. The van der Waals surface area contributed by atoms with Crippen LogP contribution < -0.4 is 5.73 Å². The van der Waals surface area contributed by atoms with Gasteiger partial charge < -0.3 is 5.73 Å². The molecule has 0 heterocycles. The molecule has 1 nitrogen and oxygen atoms in total. The van der Waals surface area contributed by atoms with Crippen molar-refractivity contribution < 1.29 is 0 Å². The molecule has 1 aliphatic carbocycles. The van der Waals surface area contributed by atoms with Crippen LogP contribution in [-0.4, -0.2) is 11.8 Å². The van der Waals surface area contributed by atoms with E-state index >= 15 is 0 Å². The van der Waals surface area contributed by atoms with Gasteiger partial charge in [-0.3, -0.25) is 0 Å². The second-order valence-electron chi connectivity index (χ2n) is 4.28. The van der Waals surface area contributed by atoms with Gasteiger partial charge in [-0.15, -0.1) is 11.8 Å². The van der Waals surface area contributed by atoms with Gasteiger partial charge in [0, 0.05) is 15.5 Å². The molecule has 1 aliphatic rings. The fraction of sp³-hybridized carbons (Fsp3) is 0.500. The summed E-state index contributed by atoms with van der Waals surface area (Å²) in [6.07, 6.45) is 6.50. The van der Waals surface area contributed by atoms with Crippen molar-refractivity contribution in [3.05, 3.63) is 28.8 Å². The average Bonchev–Trinajstić information content (AvgIpc) is 2.95. The molecular weight excluding hydrogens is 226 g/mol. The maximum Gasteiger partial charge on any atom is 0.0449 e. The third-order valence-corrected chi connectivity index (χ3v) is 4.24. The molecule has 15 heavy (non-hydrogen) atoms. The Morgan fingerprint density at radius 2 is 2.20 bits per heavy atom. The van der Waals surface area contributed by atoms with Gasteiger partial charge in [0.05, 0.1) is 0 Å². The summed E-state index contributed by atoms with van der Waals surface area (Å²) in [6, 6.07) is 6.10. The zero-order valence-corrected chi connectivity index (χ0v) is 10.5. The molecule has 0 bridgehead atoms. The summed E-state index contributed by atoms with van der Waals surface area (Å²) in [5.41, 5.74) is 7.47. The second-order valence-corrected chi connectivity index (χ2v) is 5.54. The van der Waals surface area contributed by atoms with Crippen molar-refractivity contribution in [1.29, 1.82) is 0 Å². The summed E-state index contributed by atoms with van der Waals surface area (Å²) in [4.78, 5) is 1.28. The molecule has 2 rings (SSSR count). The van der Waals surface area contributed by atoms with E-state index in [4.69, 9.17) is 17.3 Å². The molecule has 0 atom stereocenters. The molecule has 2 N–H and O–H groups in total. The molecule has 0 aromatic heterocycles. The van der Waals surface area contributed by atoms with Gasteiger partial charge >= 0.3 is 0 Å². The molecule has 1 saturated carbocycles. The predicted octanol–water partition coefficient (Wildman–Crippen LogP) is 3.49. The summed E-state index contributed by atoms with van der Waals surface area (Å²) >= 11 is 7.96. The highest BCUT2D eigenvalue weighted by molar-refractivity contribution is 7.98. The van der Waals surface area contributed by atoms with Gasteiger partial charge in [0.25, 0.3) is 0 Å². The predicted molar refractivity (Wildman–Crippen MR) is 67.7 cm³/mol. The summed E-state index contributed by atoms with van der Waals surface area (Å²) in [5, 5.41) is 0.881. The van der Waals surface area contributed by atoms with Crippen LogP contribution in [0.2, 0.25) is 5.02 Å². The minimum absolute atomic E-state index is 0.120. The molecule has 1 aromatic carbocycles. The van der Waals surface area contributed by atoms with Crippen LogP contribution in [0.3, 0.4) is 0 Å². The monoisotopic (exact) mass is 241 g/mol. The zero-order chi connectivity index (χ0) is 10.9. The fourth-order valence-electron chi connectivity index (χ4n) is 1.76. The van der Waals surface area contributed by atoms with Crippen LogP contribution in [0.1, 0.15) is 24.8 Å². The Morgan fingerprint density at radius 1 is 1.47 bits per heavy atom. The summed E-state index contributed by atoms with van der Waals surface area (Å²) < 4.78 is 0.